The number of amides is 1. The molecule has 0 spiro atoms. The molecule has 1 aliphatic rings. The molecule has 1 heterocycles. The van der Waals surface area contributed by atoms with E-state index in [2.05, 4.69) is 6.58 Å². The molecule has 1 amide bonds. The SMILES string of the molecule is C=CCC(N)C(=O)N1CCc2c(cccc2C(=O)O)C1. The highest BCUT2D eigenvalue weighted by molar-refractivity contribution is 5.90. The van der Waals surface area contributed by atoms with E-state index in [-0.39, 0.29) is 5.91 Å². The Labute approximate surface area is 117 Å². The normalized spacial score (nSPS) is 15.3. The summed E-state index contributed by atoms with van der Waals surface area (Å²) in [5, 5.41) is 9.16. The van der Waals surface area contributed by atoms with Gasteiger partial charge in [0.05, 0.1) is 11.6 Å². The minimum absolute atomic E-state index is 0.115. The third-order valence-electron chi connectivity index (χ3n) is 3.55. The summed E-state index contributed by atoms with van der Waals surface area (Å²) < 4.78 is 0. The van der Waals surface area contributed by atoms with Crippen molar-refractivity contribution >= 4 is 11.9 Å². The Morgan fingerprint density at radius 3 is 2.90 bits per heavy atom. The predicted octanol–water partition coefficient (Wildman–Crippen LogP) is 1.17. The summed E-state index contributed by atoms with van der Waals surface area (Å²) in [6.07, 6.45) is 2.62. The first-order valence-electron chi connectivity index (χ1n) is 6.54. The van der Waals surface area contributed by atoms with Crippen LogP contribution in [0.25, 0.3) is 0 Å². The summed E-state index contributed by atoms with van der Waals surface area (Å²) in [4.78, 5) is 25.0. The topological polar surface area (TPSA) is 83.6 Å². The molecule has 0 radical (unpaired) electrons. The second-order valence-electron chi connectivity index (χ2n) is 4.89. The smallest absolute Gasteiger partial charge is 0.335 e. The summed E-state index contributed by atoms with van der Waals surface area (Å²) in [6.45, 7) is 4.50. The van der Waals surface area contributed by atoms with Crippen LogP contribution in [0.3, 0.4) is 0 Å². The number of benzene rings is 1. The number of fused-ring (bicyclic) bond motifs is 1. The molecule has 106 valence electrons. The van der Waals surface area contributed by atoms with E-state index in [1.165, 1.54) is 0 Å². The van der Waals surface area contributed by atoms with E-state index in [1.807, 2.05) is 6.07 Å². The molecule has 0 aliphatic carbocycles. The van der Waals surface area contributed by atoms with Crippen LogP contribution in [-0.4, -0.2) is 34.5 Å². The van der Waals surface area contributed by atoms with Gasteiger partial charge in [0.2, 0.25) is 5.91 Å². The van der Waals surface area contributed by atoms with E-state index in [9.17, 15) is 9.59 Å². The average Bonchev–Trinajstić information content (AvgIpc) is 2.45. The molecule has 2 rings (SSSR count). The molecule has 5 heteroatoms. The molecule has 0 saturated carbocycles. The maximum atomic E-state index is 12.2. The van der Waals surface area contributed by atoms with Crippen LogP contribution >= 0.6 is 0 Å². The Morgan fingerprint density at radius 1 is 1.50 bits per heavy atom. The van der Waals surface area contributed by atoms with Crippen LogP contribution in [0.4, 0.5) is 0 Å². The van der Waals surface area contributed by atoms with Crippen LogP contribution in [0.5, 0.6) is 0 Å². The first-order chi connectivity index (χ1) is 9.54. The largest absolute Gasteiger partial charge is 0.478 e. The van der Waals surface area contributed by atoms with Gasteiger partial charge in [-0.2, -0.15) is 0 Å². The minimum Gasteiger partial charge on any atom is -0.478 e. The zero-order valence-corrected chi connectivity index (χ0v) is 11.2. The van der Waals surface area contributed by atoms with Gasteiger partial charge in [0, 0.05) is 13.1 Å². The molecule has 1 aromatic rings. The van der Waals surface area contributed by atoms with Crippen LogP contribution in [0.1, 0.15) is 27.9 Å². The lowest BCUT2D eigenvalue weighted by Gasteiger charge is -2.31. The predicted molar refractivity (Wildman–Crippen MR) is 75.3 cm³/mol. The average molecular weight is 274 g/mol. The van der Waals surface area contributed by atoms with Gasteiger partial charge in [-0.25, -0.2) is 4.79 Å². The van der Waals surface area contributed by atoms with Crippen molar-refractivity contribution in [2.45, 2.75) is 25.4 Å². The molecule has 0 fully saturated rings. The highest BCUT2D eigenvalue weighted by atomic mass is 16.4. The van der Waals surface area contributed by atoms with Gasteiger partial charge < -0.3 is 15.7 Å². The number of carboxylic acid groups (broad SMARTS) is 1. The quantitative estimate of drug-likeness (QED) is 0.807. The minimum atomic E-state index is -0.926. The van der Waals surface area contributed by atoms with Gasteiger partial charge in [0.1, 0.15) is 0 Å². The number of hydrogen-bond acceptors (Lipinski definition) is 3. The molecule has 20 heavy (non-hydrogen) atoms. The fourth-order valence-electron chi connectivity index (χ4n) is 2.51. The van der Waals surface area contributed by atoms with Crippen molar-refractivity contribution in [3.8, 4) is 0 Å². The van der Waals surface area contributed by atoms with Gasteiger partial charge in [0.25, 0.3) is 0 Å². The monoisotopic (exact) mass is 274 g/mol. The van der Waals surface area contributed by atoms with E-state index in [0.717, 1.165) is 11.1 Å². The molecular weight excluding hydrogens is 256 g/mol. The highest BCUT2D eigenvalue weighted by Gasteiger charge is 2.26. The van der Waals surface area contributed by atoms with E-state index in [4.69, 9.17) is 10.8 Å². The zero-order chi connectivity index (χ0) is 14.7. The van der Waals surface area contributed by atoms with Crippen molar-refractivity contribution in [3.05, 3.63) is 47.5 Å². The van der Waals surface area contributed by atoms with Gasteiger partial charge in [0.15, 0.2) is 0 Å². The van der Waals surface area contributed by atoms with Crippen molar-refractivity contribution in [2.24, 2.45) is 5.73 Å². The van der Waals surface area contributed by atoms with Gasteiger partial charge in [-0.3, -0.25) is 4.79 Å². The second-order valence-corrected chi connectivity index (χ2v) is 4.89. The van der Waals surface area contributed by atoms with Crippen molar-refractivity contribution in [2.75, 3.05) is 6.54 Å². The molecule has 1 aliphatic heterocycles. The maximum Gasteiger partial charge on any atom is 0.335 e. The molecule has 0 aromatic heterocycles. The summed E-state index contributed by atoms with van der Waals surface area (Å²) >= 11 is 0. The summed E-state index contributed by atoms with van der Waals surface area (Å²) in [7, 11) is 0. The van der Waals surface area contributed by atoms with E-state index < -0.39 is 12.0 Å². The first-order valence-corrected chi connectivity index (χ1v) is 6.54. The Morgan fingerprint density at radius 2 is 2.25 bits per heavy atom. The Bertz CT molecular complexity index is 554. The number of nitrogens with two attached hydrogens (primary N) is 1. The molecule has 1 unspecified atom stereocenters. The van der Waals surface area contributed by atoms with E-state index in [0.29, 0.717) is 31.5 Å². The van der Waals surface area contributed by atoms with E-state index >= 15 is 0 Å². The number of carbonyl (C=O) groups is 2. The van der Waals surface area contributed by atoms with Gasteiger partial charge in [-0.1, -0.05) is 18.2 Å². The zero-order valence-electron chi connectivity index (χ0n) is 11.2. The van der Waals surface area contributed by atoms with Crippen molar-refractivity contribution in [1.82, 2.24) is 4.90 Å². The molecular formula is C15H18N2O3. The Kier molecular flexibility index (Phi) is 4.20. The lowest BCUT2D eigenvalue weighted by atomic mass is 9.94. The van der Waals surface area contributed by atoms with E-state index in [1.54, 1.807) is 23.1 Å². The molecule has 0 bridgehead atoms. The summed E-state index contributed by atoms with van der Waals surface area (Å²) in [5.41, 5.74) is 7.83. The number of hydrogen-bond donors (Lipinski definition) is 2. The summed E-state index contributed by atoms with van der Waals surface area (Å²) in [5.74, 6) is -1.04. The molecule has 3 N–H and O–H groups in total. The van der Waals surface area contributed by atoms with Crippen LogP contribution < -0.4 is 5.73 Å². The molecule has 1 atom stereocenters. The fourth-order valence-corrected chi connectivity index (χ4v) is 2.51. The number of carboxylic acids is 1. The second kappa shape index (κ2) is 5.88. The lowest BCUT2D eigenvalue weighted by molar-refractivity contribution is -0.133. The summed E-state index contributed by atoms with van der Waals surface area (Å²) in [6, 6.07) is 4.60. The van der Waals surface area contributed by atoms with Gasteiger partial charge >= 0.3 is 5.97 Å². The number of carbonyl (C=O) groups excluding carboxylic acids is 1. The van der Waals surface area contributed by atoms with Crippen molar-refractivity contribution < 1.29 is 14.7 Å². The van der Waals surface area contributed by atoms with Crippen LogP contribution in [0.2, 0.25) is 0 Å². The van der Waals surface area contributed by atoms with Crippen LogP contribution in [-0.2, 0) is 17.8 Å². The maximum absolute atomic E-state index is 12.2. The molecule has 0 saturated heterocycles. The van der Waals surface area contributed by atoms with Crippen LogP contribution in [0, 0.1) is 0 Å². The van der Waals surface area contributed by atoms with Crippen molar-refractivity contribution in [3.63, 3.8) is 0 Å². The van der Waals surface area contributed by atoms with Crippen molar-refractivity contribution in [1.29, 1.82) is 0 Å². The third-order valence-corrected chi connectivity index (χ3v) is 3.55. The first kappa shape index (κ1) is 14.3. The Balaban J connectivity index is 2.20. The lowest BCUT2D eigenvalue weighted by Crippen LogP contribution is -2.45. The molecule has 1 aromatic carbocycles. The van der Waals surface area contributed by atoms with Gasteiger partial charge in [-0.05, 0) is 30.0 Å². The standard InChI is InChI=1S/C15H18N2O3/c1-2-4-13(16)14(18)17-8-7-11-10(9-17)5-3-6-12(11)15(19)20/h2-3,5-6,13H,1,4,7-9,16H2,(H,19,20). The van der Waals surface area contributed by atoms with Gasteiger partial charge in [-0.15, -0.1) is 6.58 Å². The third kappa shape index (κ3) is 2.72. The molecule has 5 nitrogen and oxygen atoms in total. The number of aromatic carboxylic acids is 1. The highest BCUT2D eigenvalue weighted by Crippen LogP contribution is 2.23. The Hall–Kier alpha value is -2.14. The fraction of sp³-hybridized carbons (Fsp3) is 0.333. The number of rotatable bonds is 4. The van der Waals surface area contributed by atoms with Crippen LogP contribution in [0.15, 0.2) is 30.9 Å². The number of nitrogens with zero attached hydrogens (tertiary/aromatic N) is 1.